The third-order valence-corrected chi connectivity index (χ3v) is 3.98. The number of nitrogens with zero attached hydrogens (tertiary/aromatic N) is 1. The van der Waals surface area contributed by atoms with Gasteiger partial charge in [0.15, 0.2) is 0 Å². The van der Waals surface area contributed by atoms with Crippen molar-refractivity contribution in [2.24, 2.45) is 0 Å². The molecule has 2 N–H and O–H groups in total. The Hall–Kier alpha value is -3.21. The number of rotatable bonds is 5. The molecule has 0 saturated heterocycles. The number of nitrogens with one attached hydrogen (secondary N) is 2. The molecule has 0 aliphatic rings. The van der Waals surface area contributed by atoms with E-state index in [1.54, 1.807) is 25.5 Å². The molecule has 0 unspecified atom stereocenters. The number of carbonyl (C=O) groups excluding carboxylic acids is 2. The second-order valence-corrected chi connectivity index (χ2v) is 5.77. The van der Waals surface area contributed by atoms with E-state index < -0.39 is 0 Å². The van der Waals surface area contributed by atoms with Crippen molar-refractivity contribution in [2.45, 2.75) is 12.8 Å². The highest BCUT2D eigenvalue weighted by molar-refractivity contribution is 5.95. The Kier molecular flexibility index (Phi) is 5.04. The van der Waals surface area contributed by atoms with Gasteiger partial charge in [-0.3, -0.25) is 14.6 Å². The normalized spacial score (nSPS) is 10.4. The Morgan fingerprint density at radius 3 is 2.76 bits per heavy atom. The molecule has 0 radical (unpaired) electrons. The summed E-state index contributed by atoms with van der Waals surface area (Å²) in [5.41, 5.74) is 2.33. The van der Waals surface area contributed by atoms with E-state index in [0.29, 0.717) is 18.4 Å². The van der Waals surface area contributed by atoms with Gasteiger partial charge in [0, 0.05) is 42.5 Å². The molecule has 25 heavy (non-hydrogen) atoms. The Labute approximate surface area is 146 Å². The molecule has 0 fully saturated rings. The van der Waals surface area contributed by atoms with Gasteiger partial charge in [0.2, 0.25) is 5.91 Å². The lowest BCUT2D eigenvalue weighted by Gasteiger charge is -2.07. The van der Waals surface area contributed by atoms with Gasteiger partial charge in [-0.15, -0.1) is 0 Å². The van der Waals surface area contributed by atoms with Crippen LogP contribution in [0.4, 0.5) is 5.69 Å². The number of carbonyl (C=O) groups is 2. The van der Waals surface area contributed by atoms with Crippen LogP contribution in [0.2, 0.25) is 0 Å². The number of hydrogen-bond donors (Lipinski definition) is 2. The Morgan fingerprint density at radius 2 is 1.92 bits per heavy atom. The van der Waals surface area contributed by atoms with Gasteiger partial charge < -0.3 is 10.6 Å². The largest absolute Gasteiger partial charge is 0.355 e. The predicted octanol–water partition coefficient (Wildman–Crippen LogP) is 3.17. The standard InChI is InChI=1S/C20H19N3O2/c1-21-20(25)16-4-2-3-14(11-16)5-8-19(24)23-18-7-6-17-13-22-10-9-15(17)12-18/h2-4,6-7,9-13H,5,8H2,1H3,(H,21,25)(H,23,24). The minimum Gasteiger partial charge on any atom is -0.355 e. The van der Waals surface area contributed by atoms with Gasteiger partial charge in [0.1, 0.15) is 0 Å². The van der Waals surface area contributed by atoms with Crippen molar-refractivity contribution in [3.05, 3.63) is 72.1 Å². The summed E-state index contributed by atoms with van der Waals surface area (Å²) in [5.74, 6) is -0.185. The molecule has 0 atom stereocenters. The maximum Gasteiger partial charge on any atom is 0.251 e. The van der Waals surface area contributed by atoms with Gasteiger partial charge in [-0.2, -0.15) is 0 Å². The van der Waals surface area contributed by atoms with Crippen molar-refractivity contribution in [3.8, 4) is 0 Å². The van der Waals surface area contributed by atoms with E-state index in [4.69, 9.17) is 0 Å². The zero-order chi connectivity index (χ0) is 17.6. The van der Waals surface area contributed by atoms with Crippen LogP contribution in [-0.2, 0) is 11.2 Å². The van der Waals surface area contributed by atoms with Crippen molar-refractivity contribution in [1.82, 2.24) is 10.3 Å². The first-order valence-electron chi connectivity index (χ1n) is 8.10. The van der Waals surface area contributed by atoms with Gasteiger partial charge in [-0.25, -0.2) is 0 Å². The lowest BCUT2D eigenvalue weighted by molar-refractivity contribution is -0.116. The number of fused-ring (bicyclic) bond motifs is 1. The summed E-state index contributed by atoms with van der Waals surface area (Å²) in [6.07, 6.45) is 4.45. The molecule has 0 aliphatic carbocycles. The van der Waals surface area contributed by atoms with Crippen LogP contribution in [0, 0.1) is 0 Å². The molecule has 1 aromatic heterocycles. The van der Waals surface area contributed by atoms with Crippen LogP contribution in [0.1, 0.15) is 22.3 Å². The fraction of sp³-hybridized carbons (Fsp3) is 0.150. The van der Waals surface area contributed by atoms with Crippen molar-refractivity contribution in [2.75, 3.05) is 12.4 Å². The SMILES string of the molecule is CNC(=O)c1cccc(CCC(=O)Nc2ccc3cnccc3c2)c1. The molecular formula is C20H19N3O2. The molecule has 5 heteroatoms. The average molecular weight is 333 g/mol. The molecule has 2 aromatic carbocycles. The molecule has 0 bridgehead atoms. The molecule has 3 rings (SSSR count). The minimum absolute atomic E-state index is 0.0567. The van der Waals surface area contributed by atoms with Crippen LogP contribution in [0.25, 0.3) is 10.8 Å². The van der Waals surface area contributed by atoms with Gasteiger partial charge >= 0.3 is 0 Å². The lowest BCUT2D eigenvalue weighted by Crippen LogP contribution is -2.18. The number of anilines is 1. The molecular weight excluding hydrogens is 314 g/mol. The zero-order valence-corrected chi connectivity index (χ0v) is 14.0. The van der Waals surface area contributed by atoms with Gasteiger partial charge in [-0.05, 0) is 47.7 Å². The molecule has 0 saturated carbocycles. The molecule has 0 spiro atoms. The van der Waals surface area contributed by atoms with Gasteiger partial charge in [0.25, 0.3) is 5.91 Å². The molecule has 5 nitrogen and oxygen atoms in total. The van der Waals surface area contributed by atoms with E-state index in [9.17, 15) is 9.59 Å². The van der Waals surface area contributed by atoms with Gasteiger partial charge in [0.05, 0.1) is 0 Å². The quantitative estimate of drug-likeness (QED) is 0.753. The summed E-state index contributed by atoms with van der Waals surface area (Å²) in [6.45, 7) is 0. The maximum absolute atomic E-state index is 12.2. The number of aryl methyl sites for hydroxylation is 1. The fourth-order valence-corrected chi connectivity index (χ4v) is 2.65. The van der Waals surface area contributed by atoms with Crippen molar-refractivity contribution >= 4 is 28.3 Å². The number of pyridine rings is 1. The Balaban J connectivity index is 1.61. The zero-order valence-electron chi connectivity index (χ0n) is 14.0. The monoisotopic (exact) mass is 333 g/mol. The summed E-state index contributed by atoms with van der Waals surface area (Å²) >= 11 is 0. The number of aromatic nitrogens is 1. The van der Waals surface area contributed by atoms with Crippen molar-refractivity contribution < 1.29 is 9.59 Å². The highest BCUT2D eigenvalue weighted by atomic mass is 16.2. The molecule has 3 aromatic rings. The van der Waals surface area contributed by atoms with Crippen LogP contribution in [-0.4, -0.2) is 23.8 Å². The first kappa shape index (κ1) is 16.6. The van der Waals surface area contributed by atoms with Crippen LogP contribution in [0.5, 0.6) is 0 Å². The van der Waals surface area contributed by atoms with Crippen LogP contribution in [0.3, 0.4) is 0 Å². The Bertz CT molecular complexity index is 921. The molecule has 2 amide bonds. The Morgan fingerprint density at radius 1 is 1.04 bits per heavy atom. The van der Waals surface area contributed by atoms with E-state index in [0.717, 1.165) is 22.0 Å². The van der Waals surface area contributed by atoms with Crippen LogP contribution in [0.15, 0.2) is 60.9 Å². The van der Waals surface area contributed by atoms with E-state index in [1.165, 1.54) is 0 Å². The summed E-state index contributed by atoms with van der Waals surface area (Å²) < 4.78 is 0. The summed E-state index contributed by atoms with van der Waals surface area (Å²) in [4.78, 5) is 27.9. The van der Waals surface area contributed by atoms with Gasteiger partial charge in [-0.1, -0.05) is 18.2 Å². The van der Waals surface area contributed by atoms with Crippen LogP contribution >= 0.6 is 0 Å². The summed E-state index contributed by atoms with van der Waals surface area (Å²) in [6, 6.07) is 15.0. The number of hydrogen-bond acceptors (Lipinski definition) is 3. The topological polar surface area (TPSA) is 71.1 Å². The number of benzene rings is 2. The lowest BCUT2D eigenvalue weighted by atomic mass is 10.1. The summed E-state index contributed by atoms with van der Waals surface area (Å²) in [5, 5.41) is 7.58. The van der Waals surface area contributed by atoms with E-state index >= 15 is 0 Å². The minimum atomic E-state index is -0.128. The maximum atomic E-state index is 12.2. The average Bonchev–Trinajstić information content (AvgIpc) is 2.66. The van der Waals surface area contributed by atoms with E-state index in [1.807, 2.05) is 42.5 Å². The number of amides is 2. The van der Waals surface area contributed by atoms with Crippen LogP contribution < -0.4 is 10.6 Å². The first-order valence-corrected chi connectivity index (χ1v) is 8.10. The first-order chi connectivity index (χ1) is 12.2. The molecule has 1 heterocycles. The third kappa shape index (κ3) is 4.20. The highest BCUT2D eigenvalue weighted by Gasteiger charge is 2.07. The molecule has 0 aliphatic heterocycles. The third-order valence-electron chi connectivity index (χ3n) is 3.98. The fourth-order valence-electron chi connectivity index (χ4n) is 2.65. The van der Waals surface area contributed by atoms with E-state index in [2.05, 4.69) is 15.6 Å². The smallest absolute Gasteiger partial charge is 0.251 e. The second-order valence-electron chi connectivity index (χ2n) is 5.77. The second kappa shape index (κ2) is 7.57. The van der Waals surface area contributed by atoms with E-state index in [-0.39, 0.29) is 11.8 Å². The van der Waals surface area contributed by atoms with Crippen molar-refractivity contribution in [3.63, 3.8) is 0 Å². The predicted molar refractivity (Wildman–Crippen MR) is 98.5 cm³/mol. The highest BCUT2D eigenvalue weighted by Crippen LogP contribution is 2.18. The molecule has 126 valence electrons. The van der Waals surface area contributed by atoms with Crippen molar-refractivity contribution in [1.29, 1.82) is 0 Å². The summed E-state index contributed by atoms with van der Waals surface area (Å²) in [7, 11) is 1.60.